The van der Waals surface area contributed by atoms with Gasteiger partial charge in [-0.25, -0.2) is 4.90 Å². The van der Waals surface area contributed by atoms with E-state index in [1.807, 2.05) is 0 Å². The molecule has 0 radical (unpaired) electrons. The van der Waals surface area contributed by atoms with E-state index in [0.717, 1.165) is 22.2 Å². The van der Waals surface area contributed by atoms with Crippen LogP contribution in [-0.4, -0.2) is 33.0 Å². The molecule has 2 aromatic rings. The largest absolute Gasteiger partial charge is 0.280 e. The normalized spacial score (nSPS) is 21.3. The predicted octanol–water partition coefficient (Wildman–Crippen LogP) is 3.87. The lowest BCUT2D eigenvalue weighted by atomic mass is 10.2. The Labute approximate surface area is 175 Å². The highest BCUT2D eigenvalue weighted by molar-refractivity contribution is 8.26. The molecule has 2 saturated heterocycles. The number of amides is 3. The third-order valence-electron chi connectivity index (χ3n) is 4.44. The molecule has 3 amide bonds. The van der Waals surface area contributed by atoms with Crippen LogP contribution in [0, 0.1) is 0 Å². The fourth-order valence-corrected chi connectivity index (χ4v) is 4.61. The van der Waals surface area contributed by atoms with Crippen molar-refractivity contribution in [1.82, 2.24) is 4.90 Å². The van der Waals surface area contributed by atoms with Crippen molar-refractivity contribution in [2.24, 2.45) is 0 Å². The second kappa shape index (κ2) is 7.50. The molecule has 1 atom stereocenters. The Kier molecular flexibility index (Phi) is 5.05. The smallest absolute Gasteiger partial charge is 0.266 e. The van der Waals surface area contributed by atoms with Gasteiger partial charge >= 0.3 is 0 Å². The van der Waals surface area contributed by atoms with E-state index in [4.69, 9.17) is 23.8 Å². The van der Waals surface area contributed by atoms with E-state index in [0.29, 0.717) is 15.6 Å². The third kappa shape index (κ3) is 3.37. The second-order valence-electron chi connectivity index (χ2n) is 6.23. The molecule has 0 bridgehead atoms. The Balaban J connectivity index is 1.60. The Morgan fingerprint density at radius 1 is 1.04 bits per heavy atom. The molecule has 2 fully saturated rings. The van der Waals surface area contributed by atoms with Gasteiger partial charge in [-0.2, -0.15) is 0 Å². The zero-order chi connectivity index (χ0) is 19.8. The lowest BCUT2D eigenvalue weighted by molar-refractivity contribution is -0.129. The lowest BCUT2D eigenvalue weighted by Crippen LogP contribution is -2.44. The first kappa shape index (κ1) is 18.9. The summed E-state index contributed by atoms with van der Waals surface area (Å²) in [6, 6.07) is 14.8. The van der Waals surface area contributed by atoms with Gasteiger partial charge in [-0.3, -0.25) is 19.3 Å². The van der Waals surface area contributed by atoms with Crippen LogP contribution in [0.2, 0.25) is 5.02 Å². The monoisotopic (exact) mass is 428 g/mol. The highest BCUT2D eigenvalue weighted by atomic mass is 35.5. The Morgan fingerprint density at radius 3 is 2.39 bits per heavy atom. The van der Waals surface area contributed by atoms with Crippen LogP contribution in [0.25, 0.3) is 6.08 Å². The van der Waals surface area contributed by atoms with E-state index in [-0.39, 0.29) is 22.6 Å². The van der Waals surface area contributed by atoms with E-state index in [9.17, 15) is 14.4 Å². The van der Waals surface area contributed by atoms with Crippen LogP contribution in [-0.2, 0) is 14.4 Å². The van der Waals surface area contributed by atoms with Crippen molar-refractivity contribution >= 4 is 69.4 Å². The van der Waals surface area contributed by atoms with Gasteiger partial charge in [0.2, 0.25) is 5.91 Å². The molecule has 140 valence electrons. The van der Waals surface area contributed by atoms with Crippen LogP contribution in [0.1, 0.15) is 12.0 Å². The van der Waals surface area contributed by atoms with Gasteiger partial charge in [0.1, 0.15) is 10.4 Å². The number of halogens is 1. The molecule has 8 heteroatoms. The van der Waals surface area contributed by atoms with Crippen LogP contribution in [0.4, 0.5) is 5.69 Å². The van der Waals surface area contributed by atoms with Gasteiger partial charge in [0, 0.05) is 5.02 Å². The van der Waals surface area contributed by atoms with Crippen LogP contribution >= 0.6 is 35.6 Å². The van der Waals surface area contributed by atoms with Gasteiger partial charge in [-0.05, 0) is 35.9 Å². The number of hydrogen-bond donors (Lipinski definition) is 0. The minimum Gasteiger partial charge on any atom is -0.280 e. The van der Waals surface area contributed by atoms with Crippen molar-refractivity contribution in [1.29, 1.82) is 0 Å². The number of thioether (sulfide) groups is 1. The molecule has 4 rings (SSSR count). The fourth-order valence-electron chi connectivity index (χ4n) is 3.12. The maximum absolute atomic E-state index is 12.9. The summed E-state index contributed by atoms with van der Waals surface area (Å²) in [6.07, 6.45) is 1.61. The first-order valence-electron chi connectivity index (χ1n) is 8.40. The SMILES string of the molecule is O=C1C[C@@H](N2C(=O)/C(=C/c3ccc(Cl)cc3)SC2=S)C(=O)N1c1ccccc1. The summed E-state index contributed by atoms with van der Waals surface area (Å²) >= 11 is 12.3. The molecule has 0 saturated carbocycles. The van der Waals surface area contributed by atoms with Crippen molar-refractivity contribution in [2.45, 2.75) is 12.5 Å². The zero-order valence-electron chi connectivity index (χ0n) is 14.4. The summed E-state index contributed by atoms with van der Waals surface area (Å²) in [4.78, 5) is 41.1. The number of hydrogen-bond acceptors (Lipinski definition) is 5. The van der Waals surface area contributed by atoms with Crippen molar-refractivity contribution < 1.29 is 14.4 Å². The van der Waals surface area contributed by atoms with Gasteiger partial charge in [0.15, 0.2) is 0 Å². The Morgan fingerprint density at radius 2 is 1.71 bits per heavy atom. The summed E-state index contributed by atoms with van der Waals surface area (Å²) < 4.78 is 0.270. The number of nitrogens with zero attached hydrogens (tertiary/aromatic N) is 2. The number of rotatable bonds is 3. The molecule has 0 unspecified atom stereocenters. The number of thiocarbonyl (C=S) groups is 1. The highest BCUT2D eigenvalue weighted by Gasteiger charge is 2.48. The Bertz CT molecular complexity index is 1020. The number of benzene rings is 2. The molecule has 2 aromatic carbocycles. The summed E-state index contributed by atoms with van der Waals surface area (Å²) in [6.45, 7) is 0. The summed E-state index contributed by atoms with van der Waals surface area (Å²) in [5, 5.41) is 0.598. The van der Waals surface area contributed by atoms with E-state index >= 15 is 0 Å². The van der Waals surface area contributed by atoms with Gasteiger partial charge in [-0.15, -0.1) is 0 Å². The molecule has 5 nitrogen and oxygen atoms in total. The summed E-state index contributed by atoms with van der Waals surface area (Å²) in [5.74, 6) is -1.16. The standard InChI is InChI=1S/C20H13ClN2O3S2/c21-13-8-6-12(7-9-13)10-16-19(26)23(20(27)28-16)15-11-17(24)22(18(15)25)14-4-2-1-3-5-14/h1-10,15H,11H2/b16-10-/t15-/m1/s1. The predicted molar refractivity (Wildman–Crippen MR) is 114 cm³/mol. The lowest BCUT2D eigenvalue weighted by Gasteiger charge is -2.21. The van der Waals surface area contributed by atoms with Gasteiger partial charge < -0.3 is 0 Å². The van der Waals surface area contributed by atoms with E-state index in [1.54, 1.807) is 60.7 Å². The van der Waals surface area contributed by atoms with Crippen LogP contribution in [0.3, 0.4) is 0 Å². The number of carbonyl (C=O) groups is 3. The van der Waals surface area contributed by atoms with Crippen molar-refractivity contribution in [2.75, 3.05) is 4.90 Å². The van der Waals surface area contributed by atoms with Crippen molar-refractivity contribution in [3.05, 3.63) is 70.1 Å². The van der Waals surface area contributed by atoms with Crippen LogP contribution < -0.4 is 4.90 Å². The number of anilines is 1. The molecule has 2 aliphatic rings. The Hall–Kier alpha value is -2.48. The quantitative estimate of drug-likeness (QED) is 0.422. The van der Waals surface area contributed by atoms with Gasteiger partial charge in [0.05, 0.1) is 17.0 Å². The number of carbonyl (C=O) groups excluding carboxylic acids is 3. The van der Waals surface area contributed by atoms with Crippen LogP contribution in [0.15, 0.2) is 59.5 Å². The minimum absolute atomic E-state index is 0.0889. The van der Waals surface area contributed by atoms with Crippen LogP contribution in [0.5, 0.6) is 0 Å². The molecule has 2 aliphatic heterocycles. The molecular weight excluding hydrogens is 416 g/mol. The molecule has 2 heterocycles. The van der Waals surface area contributed by atoms with Crippen molar-refractivity contribution in [3.63, 3.8) is 0 Å². The van der Waals surface area contributed by atoms with Gasteiger partial charge in [-0.1, -0.05) is 65.9 Å². The van der Waals surface area contributed by atoms with Gasteiger partial charge in [0.25, 0.3) is 11.8 Å². The minimum atomic E-state index is -0.920. The fraction of sp³-hybridized carbons (Fsp3) is 0.100. The first-order valence-corrected chi connectivity index (χ1v) is 10.0. The molecule has 28 heavy (non-hydrogen) atoms. The maximum atomic E-state index is 12.9. The number of imide groups is 1. The average molecular weight is 429 g/mol. The maximum Gasteiger partial charge on any atom is 0.266 e. The highest BCUT2D eigenvalue weighted by Crippen LogP contribution is 2.37. The van der Waals surface area contributed by atoms with E-state index < -0.39 is 11.9 Å². The third-order valence-corrected chi connectivity index (χ3v) is 6.02. The average Bonchev–Trinajstić information content (AvgIpc) is 3.12. The molecule has 0 spiro atoms. The topological polar surface area (TPSA) is 57.7 Å². The molecule has 0 N–H and O–H groups in total. The second-order valence-corrected chi connectivity index (χ2v) is 8.34. The van der Waals surface area contributed by atoms with Crippen molar-refractivity contribution in [3.8, 4) is 0 Å². The molecular formula is C20H13ClN2O3S2. The zero-order valence-corrected chi connectivity index (χ0v) is 16.8. The van der Waals surface area contributed by atoms with E-state index in [2.05, 4.69) is 0 Å². The number of para-hydroxylation sites is 1. The molecule has 0 aromatic heterocycles. The molecule has 0 aliphatic carbocycles. The summed E-state index contributed by atoms with van der Waals surface area (Å²) in [7, 11) is 0. The summed E-state index contributed by atoms with van der Waals surface area (Å²) in [5.41, 5.74) is 1.28. The van der Waals surface area contributed by atoms with E-state index in [1.165, 1.54) is 4.90 Å². The first-order chi connectivity index (χ1) is 13.5.